The molecule has 3 rings (SSSR count). The van der Waals surface area contributed by atoms with Crippen LogP contribution in [0.15, 0.2) is 30.5 Å². The van der Waals surface area contributed by atoms with Crippen LogP contribution in [0, 0.1) is 17.0 Å². The maximum absolute atomic E-state index is 10.9. The number of nitrogens with zero attached hydrogens (tertiary/aromatic N) is 3. The average Bonchev–Trinajstić information content (AvgIpc) is 2.60. The van der Waals surface area contributed by atoms with E-state index in [9.17, 15) is 10.1 Å². The lowest BCUT2D eigenvalue weighted by molar-refractivity contribution is -0.384. The molecule has 1 N–H and O–H groups in total. The van der Waals surface area contributed by atoms with Gasteiger partial charge in [-0.3, -0.25) is 10.1 Å². The van der Waals surface area contributed by atoms with Crippen LogP contribution in [0.1, 0.15) is 25.0 Å². The van der Waals surface area contributed by atoms with Crippen LogP contribution in [0.25, 0.3) is 0 Å². The van der Waals surface area contributed by atoms with Gasteiger partial charge in [0.05, 0.1) is 27.8 Å². The summed E-state index contributed by atoms with van der Waals surface area (Å²) in [6, 6.07) is 6.90. The Morgan fingerprint density at radius 2 is 2.04 bits per heavy atom. The second-order valence-corrected chi connectivity index (χ2v) is 7.32. The number of halogens is 1. The molecule has 1 fully saturated rings. The summed E-state index contributed by atoms with van der Waals surface area (Å²) in [6.07, 6.45) is 2.20. The number of non-ortho nitro benzene ring substituents is 1. The molecular formula is C19H23ClN4O3. The number of hydrogen-bond donors (Lipinski definition) is 1. The van der Waals surface area contributed by atoms with E-state index in [0.717, 1.165) is 30.0 Å². The van der Waals surface area contributed by atoms with E-state index in [4.69, 9.17) is 16.3 Å². The topological polar surface area (TPSA) is 80.5 Å². The number of nitro benzene ring substituents is 1. The van der Waals surface area contributed by atoms with E-state index in [0.29, 0.717) is 17.3 Å². The molecule has 1 saturated heterocycles. The zero-order valence-electron chi connectivity index (χ0n) is 15.6. The summed E-state index contributed by atoms with van der Waals surface area (Å²) in [4.78, 5) is 17.3. The molecule has 7 nitrogen and oxygen atoms in total. The first kappa shape index (κ1) is 19.4. The van der Waals surface area contributed by atoms with Crippen LogP contribution < -0.4 is 10.2 Å². The Kier molecular flexibility index (Phi) is 5.82. The van der Waals surface area contributed by atoms with Gasteiger partial charge in [0.1, 0.15) is 5.82 Å². The highest BCUT2D eigenvalue weighted by Crippen LogP contribution is 2.31. The van der Waals surface area contributed by atoms with Crippen molar-refractivity contribution in [2.45, 2.75) is 39.5 Å². The Morgan fingerprint density at radius 1 is 1.33 bits per heavy atom. The van der Waals surface area contributed by atoms with Crippen LogP contribution in [-0.4, -0.2) is 35.2 Å². The van der Waals surface area contributed by atoms with E-state index in [1.807, 2.05) is 18.3 Å². The third-order valence-corrected chi connectivity index (χ3v) is 4.80. The van der Waals surface area contributed by atoms with Gasteiger partial charge >= 0.3 is 0 Å². The van der Waals surface area contributed by atoms with E-state index < -0.39 is 4.92 Å². The number of aromatic nitrogens is 1. The molecule has 1 aromatic carbocycles. The fraction of sp³-hybridized carbons (Fsp3) is 0.421. The Hall–Kier alpha value is -2.38. The van der Waals surface area contributed by atoms with Crippen LogP contribution in [0.5, 0.6) is 0 Å². The summed E-state index contributed by atoms with van der Waals surface area (Å²) in [5, 5.41) is 14.5. The lowest BCUT2D eigenvalue weighted by Crippen LogP contribution is -2.45. The minimum Gasteiger partial charge on any atom is -0.379 e. The van der Waals surface area contributed by atoms with Crippen LogP contribution in [0.3, 0.4) is 0 Å². The zero-order valence-corrected chi connectivity index (χ0v) is 16.4. The molecule has 2 atom stereocenters. The van der Waals surface area contributed by atoms with Crippen molar-refractivity contribution in [3.8, 4) is 0 Å². The Morgan fingerprint density at radius 3 is 2.59 bits per heavy atom. The van der Waals surface area contributed by atoms with Crippen molar-refractivity contribution in [3.05, 3.63) is 56.7 Å². The average molecular weight is 391 g/mol. The quantitative estimate of drug-likeness (QED) is 0.609. The van der Waals surface area contributed by atoms with Gasteiger partial charge in [0.25, 0.3) is 5.69 Å². The van der Waals surface area contributed by atoms with Crippen LogP contribution in [-0.2, 0) is 11.3 Å². The van der Waals surface area contributed by atoms with Crippen LogP contribution >= 0.6 is 11.6 Å². The molecule has 1 aliphatic rings. The van der Waals surface area contributed by atoms with Gasteiger partial charge < -0.3 is 15.0 Å². The molecule has 0 radical (unpaired) electrons. The van der Waals surface area contributed by atoms with Gasteiger partial charge in [0.2, 0.25) is 0 Å². The number of nitrogens with one attached hydrogen (secondary N) is 1. The molecule has 8 heteroatoms. The smallest absolute Gasteiger partial charge is 0.271 e. The molecule has 1 aromatic heterocycles. The first-order valence-corrected chi connectivity index (χ1v) is 9.25. The minimum absolute atomic E-state index is 0.0111. The summed E-state index contributed by atoms with van der Waals surface area (Å²) >= 11 is 6.20. The van der Waals surface area contributed by atoms with Gasteiger partial charge in [-0.05, 0) is 38.0 Å². The number of anilines is 2. The van der Waals surface area contributed by atoms with Crippen molar-refractivity contribution in [2.24, 2.45) is 0 Å². The van der Waals surface area contributed by atoms with Crippen molar-refractivity contribution in [1.82, 2.24) is 4.98 Å². The highest BCUT2D eigenvalue weighted by molar-refractivity contribution is 6.33. The zero-order chi connectivity index (χ0) is 19.6. The van der Waals surface area contributed by atoms with Crippen LogP contribution in [0.2, 0.25) is 5.02 Å². The number of ether oxygens (including phenoxy) is 1. The number of morpholine rings is 1. The number of benzene rings is 1. The summed E-state index contributed by atoms with van der Waals surface area (Å²) in [6.45, 7) is 8.11. The molecule has 0 bridgehead atoms. The normalized spacial score (nSPS) is 19.8. The molecule has 2 heterocycles. The predicted octanol–water partition coefficient (Wildman–Crippen LogP) is 4.18. The van der Waals surface area contributed by atoms with Crippen molar-refractivity contribution in [2.75, 3.05) is 23.3 Å². The number of aryl methyl sites for hydroxylation is 1. The van der Waals surface area contributed by atoms with Crippen molar-refractivity contribution in [1.29, 1.82) is 0 Å². The second-order valence-electron chi connectivity index (χ2n) is 6.92. The largest absolute Gasteiger partial charge is 0.379 e. The molecule has 0 amide bonds. The molecular weight excluding hydrogens is 368 g/mol. The maximum Gasteiger partial charge on any atom is 0.271 e. The molecule has 1 aliphatic heterocycles. The summed E-state index contributed by atoms with van der Waals surface area (Å²) in [5.41, 5.74) is 2.42. The predicted molar refractivity (Wildman–Crippen MR) is 107 cm³/mol. The minimum atomic E-state index is -0.446. The van der Waals surface area contributed by atoms with E-state index in [1.54, 1.807) is 6.92 Å². The number of rotatable bonds is 5. The van der Waals surface area contributed by atoms with Gasteiger partial charge in [-0.2, -0.15) is 0 Å². The fourth-order valence-electron chi connectivity index (χ4n) is 3.32. The van der Waals surface area contributed by atoms with Crippen molar-refractivity contribution >= 4 is 28.8 Å². The number of hydrogen-bond acceptors (Lipinski definition) is 6. The first-order valence-electron chi connectivity index (χ1n) is 8.87. The summed E-state index contributed by atoms with van der Waals surface area (Å²) in [7, 11) is 0. The first-order chi connectivity index (χ1) is 12.8. The van der Waals surface area contributed by atoms with E-state index in [-0.39, 0.29) is 17.9 Å². The van der Waals surface area contributed by atoms with Crippen molar-refractivity contribution < 1.29 is 9.66 Å². The van der Waals surface area contributed by atoms with Gasteiger partial charge in [-0.15, -0.1) is 0 Å². The molecule has 144 valence electrons. The summed E-state index contributed by atoms with van der Waals surface area (Å²) in [5.74, 6) is 0.935. The number of nitro groups is 1. The Labute approximate surface area is 163 Å². The van der Waals surface area contributed by atoms with Crippen molar-refractivity contribution in [3.63, 3.8) is 0 Å². The summed E-state index contributed by atoms with van der Waals surface area (Å²) < 4.78 is 5.76. The second kappa shape index (κ2) is 8.10. The van der Waals surface area contributed by atoms with Crippen LogP contribution in [0.4, 0.5) is 17.2 Å². The molecule has 0 spiro atoms. The van der Waals surface area contributed by atoms with E-state index in [1.165, 1.54) is 12.1 Å². The molecule has 0 aliphatic carbocycles. The molecule has 2 aromatic rings. The Bertz CT molecular complexity index is 795. The van der Waals surface area contributed by atoms with E-state index >= 15 is 0 Å². The third-order valence-electron chi connectivity index (χ3n) is 4.50. The molecule has 2 unspecified atom stereocenters. The van der Waals surface area contributed by atoms with Gasteiger partial charge in [0.15, 0.2) is 0 Å². The van der Waals surface area contributed by atoms with Gasteiger partial charge in [-0.25, -0.2) is 4.98 Å². The lowest BCUT2D eigenvalue weighted by atomic mass is 10.1. The Balaban J connectivity index is 1.66. The molecule has 27 heavy (non-hydrogen) atoms. The van der Waals surface area contributed by atoms with Gasteiger partial charge in [0, 0.05) is 38.0 Å². The lowest BCUT2D eigenvalue weighted by Gasteiger charge is -2.36. The number of pyridine rings is 1. The van der Waals surface area contributed by atoms with Gasteiger partial charge in [-0.1, -0.05) is 17.7 Å². The maximum atomic E-state index is 10.9. The van der Waals surface area contributed by atoms with E-state index in [2.05, 4.69) is 29.0 Å². The molecule has 0 saturated carbocycles. The SMILES string of the molecule is Cc1cc([N+](=O)[O-])cc(Cl)c1NCc1ccc(N2CC(C)OC(C)C2)nc1. The third kappa shape index (κ3) is 4.67. The fourth-order valence-corrected chi connectivity index (χ4v) is 3.65. The highest BCUT2D eigenvalue weighted by atomic mass is 35.5. The monoisotopic (exact) mass is 390 g/mol. The highest BCUT2D eigenvalue weighted by Gasteiger charge is 2.23. The standard InChI is InChI=1S/C19H23ClN4O3/c1-12-6-16(24(25)26)7-17(20)19(12)22-9-15-4-5-18(21-8-15)23-10-13(2)27-14(3)11-23/h4-8,13-14,22H,9-11H2,1-3H3.